The van der Waals surface area contributed by atoms with Crippen LogP contribution in [0.25, 0.3) is 0 Å². The summed E-state index contributed by atoms with van der Waals surface area (Å²) in [6.45, 7) is 11.7. The van der Waals surface area contributed by atoms with Gasteiger partial charge in [0.1, 0.15) is 0 Å². The van der Waals surface area contributed by atoms with Gasteiger partial charge in [-0.3, -0.25) is 0 Å². The monoisotopic (exact) mass is 262 g/mol. The average molecular weight is 262 g/mol. The summed E-state index contributed by atoms with van der Waals surface area (Å²) >= 11 is 0. The summed E-state index contributed by atoms with van der Waals surface area (Å²) in [6, 6.07) is 1.61. The highest BCUT2D eigenvalue weighted by atomic mass is 15.2. The minimum absolute atomic E-state index is 0.549. The molecule has 0 amide bonds. The molecule has 4 bridgehead atoms. The highest BCUT2D eigenvalue weighted by Gasteiger charge is 2.61. The van der Waals surface area contributed by atoms with Crippen LogP contribution in [0.2, 0.25) is 0 Å². The van der Waals surface area contributed by atoms with Gasteiger partial charge in [0.2, 0.25) is 0 Å². The van der Waals surface area contributed by atoms with Gasteiger partial charge in [0, 0.05) is 18.6 Å². The third-order valence-corrected chi connectivity index (χ3v) is 7.84. The first-order valence-electron chi connectivity index (χ1n) is 8.49. The third-order valence-electron chi connectivity index (χ3n) is 7.84. The molecule has 19 heavy (non-hydrogen) atoms. The molecule has 0 radical (unpaired) electrons. The number of nitrogens with one attached hydrogen (secondary N) is 1. The second kappa shape index (κ2) is 3.98. The molecular weight excluding hydrogens is 232 g/mol. The van der Waals surface area contributed by atoms with Crippen molar-refractivity contribution in [2.75, 3.05) is 19.6 Å². The van der Waals surface area contributed by atoms with E-state index in [1.54, 1.807) is 0 Å². The molecule has 4 rings (SSSR count). The molecule has 0 aromatic rings. The lowest BCUT2D eigenvalue weighted by Crippen LogP contribution is -2.53. The van der Waals surface area contributed by atoms with Gasteiger partial charge in [-0.2, -0.15) is 0 Å². The van der Waals surface area contributed by atoms with Gasteiger partial charge in [-0.15, -0.1) is 0 Å². The van der Waals surface area contributed by atoms with Gasteiger partial charge < -0.3 is 10.2 Å². The molecule has 2 saturated carbocycles. The van der Waals surface area contributed by atoms with E-state index in [9.17, 15) is 0 Å². The van der Waals surface area contributed by atoms with Crippen LogP contribution >= 0.6 is 0 Å². The highest BCUT2D eigenvalue weighted by molar-refractivity contribution is 5.13. The summed E-state index contributed by atoms with van der Waals surface area (Å²) in [4.78, 5) is 2.66. The number of hydrogen-bond donors (Lipinski definition) is 1. The molecule has 2 nitrogen and oxygen atoms in total. The van der Waals surface area contributed by atoms with Crippen LogP contribution in [0.5, 0.6) is 0 Å². The van der Waals surface area contributed by atoms with Crippen LogP contribution < -0.4 is 5.32 Å². The van der Waals surface area contributed by atoms with Crippen molar-refractivity contribution in [2.45, 2.75) is 65.0 Å². The van der Waals surface area contributed by atoms with Gasteiger partial charge in [-0.1, -0.05) is 20.8 Å². The minimum Gasteiger partial charge on any atom is -0.310 e. The van der Waals surface area contributed by atoms with Crippen LogP contribution in [0.4, 0.5) is 0 Å². The molecule has 0 aromatic heterocycles. The zero-order valence-corrected chi connectivity index (χ0v) is 12.9. The molecular formula is C17H30N2. The van der Waals surface area contributed by atoms with Crippen molar-refractivity contribution in [3.05, 3.63) is 0 Å². The fourth-order valence-electron chi connectivity index (χ4n) is 5.89. The van der Waals surface area contributed by atoms with Gasteiger partial charge in [0.05, 0.1) is 0 Å². The fraction of sp³-hybridized carbons (Fsp3) is 1.00. The SMILES string of the molecule is CC1(C)C2CCC1(C)C(NC1CCN3CCC1C3)C2. The zero-order chi connectivity index (χ0) is 13.3. The number of fused-ring (bicyclic) bond motifs is 4. The normalized spacial score (nSPS) is 54.8. The molecule has 2 heteroatoms. The third kappa shape index (κ3) is 1.62. The van der Waals surface area contributed by atoms with Crippen LogP contribution in [-0.2, 0) is 0 Å². The molecule has 6 unspecified atom stereocenters. The number of nitrogens with zero attached hydrogens (tertiary/aromatic N) is 1. The van der Waals surface area contributed by atoms with Crippen LogP contribution in [0.15, 0.2) is 0 Å². The van der Waals surface area contributed by atoms with Crippen LogP contribution in [0.3, 0.4) is 0 Å². The van der Waals surface area contributed by atoms with Crippen molar-refractivity contribution in [3.63, 3.8) is 0 Å². The molecule has 4 aliphatic rings. The minimum atomic E-state index is 0.549. The Labute approximate surface area is 118 Å². The second-order valence-corrected chi connectivity index (χ2v) is 8.57. The van der Waals surface area contributed by atoms with E-state index in [0.717, 1.165) is 23.9 Å². The summed E-state index contributed by atoms with van der Waals surface area (Å²) in [5.74, 6) is 1.92. The number of hydrogen-bond acceptors (Lipinski definition) is 2. The van der Waals surface area contributed by atoms with Gasteiger partial charge >= 0.3 is 0 Å². The van der Waals surface area contributed by atoms with Crippen molar-refractivity contribution in [2.24, 2.45) is 22.7 Å². The molecule has 0 aromatic carbocycles. The van der Waals surface area contributed by atoms with Crippen molar-refractivity contribution < 1.29 is 0 Å². The Bertz CT molecular complexity index is 377. The lowest BCUT2D eigenvalue weighted by atomic mass is 9.69. The molecule has 2 heterocycles. The van der Waals surface area contributed by atoms with Gasteiger partial charge in [-0.25, -0.2) is 0 Å². The van der Waals surface area contributed by atoms with Crippen molar-refractivity contribution in [3.8, 4) is 0 Å². The maximum Gasteiger partial charge on any atom is 0.0132 e. The van der Waals surface area contributed by atoms with E-state index >= 15 is 0 Å². The molecule has 0 spiro atoms. The Morgan fingerprint density at radius 3 is 2.53 bits per heavy atom. The summed E-state index contributed by atoms with van der Waals surface area (Å²) in [7, 11) is 0. The quantitative estimate of drug-likeness (QED) is 0.823. The van der Waals surface area contributed by atoms with E-state index in [-0.39, 0.29) is 0 Å². The summed E-state index contributed by atoms with van der Waals surface area (Å²) < 4.78 is 0. The predicted octanol–water partition coefficient (Wildman–Crippen LogP) is 2.89. The first-order chi connectivity index (χ1) is 9.00. The Kier molecular flexibility index (Phi) is 2.65. The summed E-state index contributed by atoms with van der Waals surface area (Å²) in [5.41, 5.74) is 1.11. The van der Waals surface area contributed by atoms with Gasteiger partial charge in [0.25, 0.3) is 0 Å². The van der Waals surface area contributed by atoms with Crippen molar-refractivity contribution in [1.82, 2.24) is 10.2 Å². The van der Waals surface area contributed by atoms with E-state index in [0.29, 0.717) is 10.8 Å². The van der Waals surface area contributed by atoms with Gasteiger partial charge in [-0.05, 0) is 67.9 Å². The summed E-state index contributed by atoms with van der Waals surface area (Å²) in [5, 5.41) is 4.15. The second-order valence-electron chi connectivity index (χ2n) is 8.57. The molecule has 2 saturated heterocycles. The van der Waals surface area contributed by atoms with E-state index < -0.39 is 0 Å². The molecule has 108 valence electrons. The van der Waals surface area contributed by atoms with Crippen LogP contribution in [0.1, 0.15) is 52.9 Å². The summed E-state index contributed by atoms with van der Waals surface area (Å²) in [6.07, 6.45) is 7.20. The highest BCUT2D eigenvalue weighted by Crippen LogP contribution is 2.65. The first-order valence-corrected chi connectivity index (χ1v) is 8.49. The Hall–Kier alpha value is -0.0800. The van der Waals surface area contributed by atoms with Gasteiger partial charge in [0.15, 0.2) is 0 Å². The Morgan fingerprint density at radius 2 is 1.84 bits per heavy atom. The largest absolute Gasteiger partial charge is 0.310 e. The zero-order valence-electron chi connectivity index (χ0n) is 12.9. The van der Waals surface area contributed by atoms with E-state index in [1.807, 2.05) is 0 Å². The molecule has 1 N–H and O–H groups in total. The van der Waals surface area contributed by atoms with Crippen molar-refractivity contribution >= 4 is 0 Å². The Morgan fingerprint density at radius 1 is 1.05 bits per heavy atom. The van der Waals surface area contributed by atoms with E-state index in [2.05, 4.69) is 31.0 Å². The van der Waals surface area contributed by atoms with Crippen LogP contribution in [0, 0.1) is 22.7 Å². The lowest BCUT2D eigenvalue weighted by molar-refractivity contribution is 0.101. The number of piperidine rings is 1. The van der Waals surface area contributed by atoms with E-state index in [4.69, 9.17) is 0 Å². The first kappa shape index (κ1) is 12.6. The lowest BCUT2D eigenvalue weighted by Gasteiger charge is -2.43. The molecule has 2 aliphatic heterocycles. The molecule has 4 fully saturated rings. The van der Waals surface area contributed by atoms with Crippen LogP contribution in [-0.4, -0.2) is 36.6 Å². The topological polar surface area (TPSA) is 15.3 Å². The molecule has 2 aliphatic carbocycles. The average Bonchev–Trinajstić information content (AvgIpc) is 2.92. The number of rotatable bonds is 2. The van der Waals surface area contributed by atoms with Crippen molar-refractivity contribution in [1.29, 1.82) is 0 Å². The Balaban J connectivity index is 1.49. The fourth-order valence-corrected chi connectivity index (χ4v) is 5.89. The smallest absolute Gasteiger partial charge is 0.0132 e. The van der Waals surface area contributed by atoms with E-state index in [1.165, 1.54) is 51.7 Å². The predicted molar refractivity (Wildman–Crippen MR) is 79.1 cm³/mol. The maximum absolute atomic E-state index is 4.15. The molecule has 6 atom stereocenters. The standard InChI is InChI=1S/C17H30N2/c1-16(2)13-4-7-17(16,3)15(10-13)18-14-6-9-19-8-5-12(14)11-19/h12-15,18H,4-11H2,1-3H3. The maximum atomic E-state index is 4.15.